The van der Waals surface area contributed by atoms with Crippen molar-refractivity contribution in [3.05, 3.63) is 18.2 Å². The Morgan fingerprint density at radius 3 is 3.00 bits per heavy atom. The molecular formula is C10H17N3O. The van der Waals surface area contributed by atoms with Crippen molar-refractivity contribution in [1.82, 2.24) is 9.55 Å². The van der Waals surface area contributed by atoms with Gasteiger partial charge in [-0.3, -0.25) is 0 Å². The summed E-state index contributed by atoms with van der Waals surface area (Å²) in [5.41, 5.74) is 5.07. The Bertz CT molecular complexity index is 315. The lowest BCUT2D eigenvalue weighted by molar-refractivity contribution is -0.0475. The Morgan fingerprint density at radius 2 is 2.43 bits per heavy atom. The highest BCUT2D eigenvalue weighted by Gasteiger charge is 2.41. The molecule has 78 valence electrons. The third-order valence-electron chi connectivity index (χ3n) is 2.91. The molecule has 2 rings (SSSR count). The lowest BCUT2D eigenvalue weighted by atomic mass is 9.74. The van der Waals surface area contributed by atoms with Crippen LogP contribution < -0.4 is 5.73 Å². The van der Waals surface area contributed by atoms with Crippen molar-refractivity contribution in [3.8, 4) is 0 Å². The predicted molar refractivity (Wildman–Crippen MR) is 53.8 cm³/mol. The SMILES string of the molecule is CCn1ccnc1CC1(O)CC(N)C1. The van der Waals surface area contributed by atoms with Crippen LogP contribution in [0.2, 0.25) is 0 Å². The zero-order valence-corrected chi connectivity index (χ0v) is 8.48. The molecule has 4 nitrogen and oxygen atoms in total. The topological polar surface area (TPSA) is 64.1 Å². The fraction of sp³-hybridized carbons (Fsp3) is 0.700. The first-order chi connectivity index (χ1) is 6.63. The Morgan fingerprint density at radius 1 is 1.71 bits per heavy atom. The standard InChI is InChI=1S/C10H17N3O/c1-2-13-4-3-12-9(13)7-10(14)5-8(11)6-10/h3-4,8,14H,2,5-7,11H2,1H3. The predicted octanol–water partition coefficient (Wildman–Crippen LogP) is 0.298. The Kier molecular flexibility index (Phi) is 2.33. The van der Waals surface area contributed by atoms with Crippen LogP contribution in [0.25, 0.3) is 0 Å². The van der Waals surface area contributed by atoms with E-state index >= 15 is 0 Å². The van der Waals surface area contributed by atoms with Crippen LogP contribution in [-0.4, -0.2) is 26.3 Å². The molecule has 0 spiro atoms. The Balaban J connectivity index is 2.04. The van der Waals surface area contributed by atoms with E-state index in [0.29, 0.717) is 19.3 Å². The van der Waals surface area contributed by atoms with Crippen LogP contribution in [-0.2, 0) is 13.0 Å². The van der Waals surface area contributed by atoms with E-state index in [2.05, 4.69) is 16.5 Å². The van der Waals surface area contributed by atoms with E-state index in [4.69, 9.17) is 5.73 Å². The van der Waals surface area contributed by atoms with Gasteiger partial charge in [0.1, 0.15) is 5.82 Å². The van der Waals surface area contributed by atoms with E-state index in [-0.39, 0.29) is 6.04 Å². The molecule has 0 aromatic carbocycles. The van der Waals surface area contributed by atoms with Crippen molar-refractivity contribution in [2.24, 2.45) is 5.73 Å². The molecule has 1 fully saturated rings. The van der Waals surface area contributed by atoms with E-state index in [0.717, 1.165) is 12.4 Å². The Hall–Kier alpha value is -0.870. The van der Waals surface area contributed by atoms with E-state index in [1.807, 2.05) is 6.20 Å². The van der Waals surface area contributed by atoms with Gasteiger partial charge in [-0.15, -0.1) is 0 Å². The van der Waals surface area contributed by atoms with Gasteiger partial charge < -0.3 is 15.4 Å². The molecule has 0 saturated heterocycles. The molecule has 1 heterocycles. The second-order valence-corrected chi connectivity index (χ2v) is 4.20. The van der Waals surface area contributed by atoms with E-state index in [9.17, 15) is 5.11 Å². The van der Waals surface area contributed by atoms with Gasteiger partial charge in [0, 0.05) is 31.4 Å². The summed E-state index contributed by atoms with van der Waals surface area (Å²) in [4.78, 5) is 4.24. The molecule has 3 N–H and O–H groups in total. The Labute approximate surface area is 83.8 Å². The molecule has 1 saturated carbocycles. The first-order valence-corrected chi connectivity index (χ1v) is 5.11. The van der Waals surface area contributed by atoms with E-state index in [1.165, 1.54) is 0 Å². The second kappa shape index (κ2) is 3.37. The molecule has 14 heavy (non-hydrogen) atoms. The maximum absolute atomic E-state index is 10.0. The molecule has 0 bridgehead atoms. The lowest BCUT2D eigenvalue weighted by Gasteiger charge is -2.41. The number of nitrogens with zero attached hydrogens (tertiary/aromatic N) is 2. The third kappa shape index (κ3) is 1.67. The summed E-state index contributed by atoms with van der Waals surface area (Å²) in [6.45, 7) is 2.97. The number of aromatic nitrogens is 2. The summed E-state index contributed by atoms with van der Waals surface area (Å²) in [6, 6.07) is 0.171. The number of imidazole rings is 1. The fourth-order valence-electron chi connectivity index (χ4n) is 2.15. The van der Waals surface area contributed by atoms with Gasteiger partial charge in [0.15, 0.2) is 0 Å². The number of rotatable bonds is 3. The second-order valence-electron chi connectivity index (χ2n) is 4.20. The van der Waals surface area contributed by atoms with Gasteiger partial charge in [0.2, 0.25) is 0 Å². The molecule has 0 amide bonds. The molecule has 4 heteroatoms. The molecule has 0 radical (unpaired) electrons. The summed E-state index contributed by atoms with van der Waals surface area (Å²) in [5.74, 6) is 0.960. The van der Waals surface area contributed by atoms with Crippen LogP contribution in [0.3, 0.4) is 0 Å². The molecule has 0 aliphatic heterocycles. The zero-order chi connectivity index (χ0) is 10.2. The highest BCUT2D eigenvalue weighted by atomic mass is 16.3. The molecule has 0 unspecified atom stereocenters. The van der Waals surface area contributed by atoms with Gasteiger partial charge in [-0.1, -0.05) is 0 Å². The van der Waals surface area contributed by atoms with Crippen LogP contribution in [0.4, 0.5) is 0 Å². The maximum Gasteiger partial charge on any atom is 0.111 e. The fourth-order valence-corrected chi connectivity index (χ4v) is 2.15. The van der Waals surface area contributed by atoms with Crippen molar-refractivity contribution in [2.75, 3.05) is 0 Å². The molecule has 1 aliphatic carbocycles. The van der Waals surface area contributed by atoms with Gasteiger partial charge in [-0.05, 0) is 19.8 Å². The van der Waals surface area contributed by atoms with Gasteiger partial charge in [0.05, 0.1) is 5.60 Å². The van der Waals surface area contributed by atoms with Gasteiger partial charge in [0.25, 0.3) is 0 Å². The summed E-state index contributed by atoms with van der Waals surface area (Å²) >= 11 is 0. The van der Waals surface area contributed by atoms with Crippen molar-refractivity contribution < 1.29 is 5.11 Å². The van der Waals surface area contributed by atoms with Gasteiger partial charge in [-0.2, -0.15) is 0 Å². The van der Waals surface area contributed by atoms with Crippen LogP contribution >= 0.6 is 0 Å². The average Bonchev–Trinajstić information content (AvgIpc) is 2.49. The molecule has 0 atom stereocenters. The van der Waals surface area contributed by atoms with Crippen molar-refractivity contribution in [3.63, 3.8) is 0 Å². The maximum atomic E-state index is 10.0. The van der Waals surface area contributed by atoms with Crippen LogP contribution in [0, 0.1) is 0 Å². The smallest absolute Gasteiger partial charge is 0.111 e. The van der Waals surface area contributed by atoms with E-state index < -0.39 is 5.60 Å². The quantitative estimate of drug-likeness (QED) is 0.729. The van der Waals surface area contributed by atoms with Crippen LogP contribution in [0.5, 0.6) is 0 Å². The molecule has 1 aromatic heterocycles. The first kappa shape index (κ1) is 9.68. The monoisotopic (exact) mass is 195 g/mol. The molecule has 1 aliphatic rings. The average molecular weight is 195 g/mol. The van der Waals surface area contributed by atoms with E-state index in [1.54, 1.807) is 6.20 Å². The van der Waals surface area contributed by atoms with Gasteiger partial charge >= 0.3 is 0 Å². The minimum atomic E-state index is -0.600. The normalized spacial score (nSPS) is 31.5. The number of nitrogens with two attached hydrogens (primary N) is 1. The van der Waals surface area contributed by atoms with Crippen LogP contribution in [0.15, 0.2) is 12.4 Å². The van der Waals surface area contributed by atoms with Crippen molar-refractivity contribution in [1.29, 1.82) is 0 Å². The van der Waals surface area contributed by atoms with Crippen LogP contribution in [0.1, 0.15) is 25.6 Å². The van der Waals surface area contributed by atoms with Crippen molar-refractivity contribution >= 4 is 0 Å². The summed E-state index contributed by atoms with van der Waals surface area (Å²) in [7, 11) is 0. The number of hydrogen-bond acceptors (Lipinski definition) is 3. The number of aliphatic hydroxyl groups is 1. The van der Waals surface area contributed by atoms with Gasteiger partial charge in [-0.25, -0.2) is 4.98 Å². The summed E-state index contributed by atoms with van der Waals surface area (Å²) in [6.07, 6.45) is 5.74. The summed E-state index contributed by atoms with van der Waals surface area (Å²) in [5, 5.41) is 10.0. The largest absolute Gasteiger partial charge is 0.389 e. The number of hydrogen-bond donors (Lipinski definition) is 2. The highest BCUT2D eigenvalue weighted by molar-refractivity contribution is 5.05. The third-order valence-corrected chi connectivity index (χ3v) is 2.91. The first-order valence-electron chi connectivity index (χ1n) is 5.11. The number of aryl methyl sites for hydroxylation is 1. The minimum absolute atomic E-state index is 0.171. The highest BCUT2D eigenvalue weighted by Crippen LogP contribution is 2.33. The van der Waals surface area contributed by atoms with Crippen molar-refractivity contribution in [2.45, 2.75) is 44.4 Å². The minimum Gasteiger partial charge on any atom is -0.389 e. The molecule has 1 aromatic rings. The summed E-state index contributed by atoms with van der Waals surface area (Å²) < 4.78 is 2.06. The lowest BCUT2D eigenvalue weighted by Crippen LogP contribution is -2.53. The zero-order valence-electron chi connectivity index (χ0n) is 8.48. The molecular weight excluding hydrogens is 178 g/mol.